The lowest BCUT2D eigenvalue weighted by atomic mass is 10.1. The van der Waals surface area contributed by atoms with Crippen LogP contribution in [0.25, 0.3) is 0 Å². The fourth-order valence-electron chi connectivity index (χ4n) is 2.89. The lowest BCUT2D eigenvalue weighted by Crippen LogP contribution is -2.17. The Kier molecular flexibility index (Phi) is 3.46. The van der Waals surface area contributed by atoms with Gasteiger partial charge in [0.05, 0.1) is 17.1 Å². The maximum Gasteiger partial charge on any atom is 0.153 e. The first-order valence-corrected chi connectivity index (χ1v) is 8.21. The van der Waals surface area contributed by atoms with E-state index in [0.29, 0.717) is 0 Å². The van der Waals surface area contributed by atoms with Gasteiger partial charge in [0.15, 0.2) is 11.5 Å². The minimum atomic E-state index is 0.839. The van der Waals surface area contributed by atoms with Gasteiger partial charge in [0.25, 0.3) is 0 Å². The summed E-state index contributed by atoms with van der Waals surface area (Å²) < 4.78 is 7.15. The second-order valence-electron chi connectivity index (χ2n) is 5.26. The molecule has 0 aromatic heterocycles. The van der Waals surface area contributed by atoms with Crippen molar-refractivity contribution in [2.24, 2.45) is 0 Å². The summed E-state index contributed by atoms with van der Waals surface area (Å²) >= 11 is 3.68. The Bertz CT molecular complexity index is 868. The smallest absolute Gasteiger partial charge is 0.153 e. The number of rotatable bonds is 2. The number of hydrogen-bond acceptors (Lipinski definition) is 3. The third-order valence-corrected chi connectivity index (χ3v) is 4.58. The van der Waals surface area contributed by atoms with Gasteiger partial charge < -0.3 is 15.0 Å². The average molecular weight is 367 g/mol. The second kappa shape index (κ2) is 5.63. The lowest BCUT2D eigenvalue weighted by Gasteiger charge is -2.34. The minimum absolute atomic E-state index is 0.839. The summed E-state index contributed by atoms with van der Waals surface area (Å²) in [4.78, 5) is 2.23. The molecule has 0 bridgehead atoms. The van der Waals surface area contributed by atoms with Crippen LogP contribution in [0.4, 0.5) is 22.7 Å². The molecular formula is C19H15BrN2O. The summed E-state index contributed by atoms with van der Waals surface area (Å²) in [6, 6.07) is 22.3. The number of para-hydroxylation sites is 4. The van der Waals surface area contributed by atoms with Gasteiger partial charge in [0.1, 0.15) is 5.69 Å². The molecule has 0 unspecified atom stereocenters. The quantitative estimate of drug-likeness (QED) is 0.466. The first-order valence-electron chi connectivity index (χ1n) is 7.42. The normalized spacial score (nSPS) is 12.2. The second-order valence-corrected chi connectivity index (χ2v) is 6.11. The van der Waals surface area contributed by atoms with E-state index in [-0.39, 0.29) is 0 Å². The first kappa shape index (κ1) is 14.2. The van der Waals surface area contributed by atoms with Crippen LogP contribution in [0.1, 0.15) is 0 Å². The Morgan fingerprint density at radius 1 is 0.826 bits per heavy atom. The molecule has 1 N–H and O–H groups in total. The van der Waals surface area contributed by atoms with E-state index >= 15 is 0 Å². The van der Waals surface area contributed by atoms with Gasteiger partial charge in [-0.3, -0.25) is 0 Å². The molecular weight excluding hydrogens is 352 g/mol. The minimum Gasteiger partial charge on any atom is -0.453 e. The van der Waals surface area contributed by atoms with Gasteiger partial charge in [0.2, 0.25) is 0 Å². The highest BCUT2D eigenvalue weighted by molar-refractivity contribution is 9.10. The van der Waals surface area contributed by atoms with E-state index in [0.717, 1.165) is 38.7 Å². The lowest BCUT2D eigenvalue weighted by molar-refractivity contribution is 0.477. The van der Waals surface area contributed by atoms with Crippen molar-refractivity contribution in [2.45, 2.75) is 0 Å². The molecule has 3 aromatic carbocycles. The SMILES string of the molecule is CNc1cccc2c1N(c1ccccc1Br)c1ccccc1O2. The van der Waals surface area contributed by atoms with Gasteiger partial charge >= 0.3 is 0 Å². The van der Waals surface area contributed by atoms with E-state index in [1.54, 1.807) is 0 Å². The topological polar surface area (TPSA) is 24.5 Å². The molecule has 0 spiro atoms. The molecule has 4 rings (SSSR count). The number of nitrogens with zero attached hydrogens (tertiary/aromatic N) is 1. The standard InChI is InChI=1S/C19H15BrN2O/c1-21-14-8-6-12-18-19(14)22(15-9-3-2-7-13(15)20)16-10-4-5-11-17(16)23-18/h2-12,21H,1H3. The van der Waals surface area contributed by atoms with Crippen molar-refractivity contribution in [3.05, 3.63) is 71.2 Å². The highest BCUT2D eigenvalue weighted by Gasteiger charge is 2.28. The molecule has 3 nitrogen and oxygen atoms in total. The Morgan fingerprint density at radius 2 is 1.52 bits per heavy atom. The molecule has 0 aliphatic carbocycles. The van der Waals surface area contributed by atoms with Crippen LogP contribution in [-0.4, -0.2) is 7.05 Å². The number of nitrogens with one attached hydrogen (secondary N) is 1. The van der Waals surface area contributed by atoms with E-state index in [4.69, 9.17) is 4.74 Å². The van der Waals surface area contributed by atoms with Crippen LogP contribution in [0.3, 0.4) is 0 Å². The van der Waals surface area contributed by atoms with E-state index in [2.05, 4.69) is 50.4 Å². The molecule has 0 atom stereocenters. The van der Waals surface area contributed by atoms with Gasteiger partial charge in [-0.05, 0) is 52.3 Å². The fourth-order valence-corrected chi connectivity index (χ4v) is 3.35. The van der Waals surface area contributed by atoms with Gasteiger partial charge in [-0.2, -0.15) is 0 Å². The molecule has 1 aliphatic heterocycles. The zero-order valence-electron chi connectivity index (χ0n) is 12.6. The number of benzene rings is 3. The number of fused-ring (bicyclic) bond motifs is 2. The van der Waals surface area contributed by atoms with Crippen LogP contribution >= 0.6 is 15.9 Å². The van der Waals surface area contributed by atoms with Crippen molar-refractivity contribution in [3.8, 4) is 11.5 Å². The van der Waals surface area contributed by atoms with Crippen molar-refractivity contribution in [1.29, 1.82) is 0 Å². The van der Waals surface area contributed by atoms with Crippen LogP contribution in [0.2, 0.25) is 0 Å². The average Bonchev–Trinajstić information content (AvgIpc) is 2.60. The first-order chi connectivity index (χ1) is 11.3. The van der Waals surface area contributed by atoms with Gasteiger partial charge in [-0.15, -0.1) is 0 Å². The summed E-state index contributed by atoms with van der Waals surface area (Å²) in [6.07, 6.45) is 0. The van der Waals surface area contributed by atoms with Crippen LogP contribution in [0.15, 0.2) is 71.2 Å². The summed E-state index contributed by atoms with van der Waals surface area (Å²) in [5.41, 5.74) is 4.13. The van der Waals surface area contributed by atoms with Crippen LogP contribution in [0.5, 0.6) is 11.5 Å². The molecule has 23 heavy (non-hydrogen) atoms. The number of ether oxygens (including phenoxy) is 1. The molecule has 0 radical (unpaired) electrons. The molecule has 3 aromatic rings. The van der Waals surface area contributed by atoms with Gasteiger partial charge in [-0.25, -0.2) is 0 Å². The summed E-state index contributed by atoms with van der Waals surface area (Å²) in [6.45, 7) is 0. The highest BCUT2D eigenvalue weighted by Crippen LogP contribution is 2.54. The molecule has 114 valence electrons. The van der Waals surface area contributed by atoms with Gasteiger partial charge in [0, 0.05) is 11.5 Å². The predicted octanol–water partition coefficient (Wildman–Crippen LogP) is 6.07. The largest absolute Gasteiger partial charge is 0.453 e. The van der Waals surface area contributed by atoms with Crippen molar-refractivity contribution < 1.29 is 4.74 Å². The number of anilines is 4. The monoisotopic (exact) mass is 366 g/mol. The Hall–Kier alpha value is -2.46. The molecule has 0 saturated heterocycles. The molecule has 0 fully saturated rings. The van der Waals surface area contributed by atoms with Crippen LogP contribution in [0, 0.1) is 0 Å². The Morgan fingerprint density at radius 3 is 2.30 bits per heavy atom. The third kappa shape index (κ3) is 2.26. The highest BCUT2D eigenvalue weighted by atomic mass is 79.9. The van der Waals surface area contributed by atoms with Crippen molar-refractivity contribution >= 4 is 38.7 Å². The van der Waals surface area contributed by atoms with Crippen molar-refractivity contribution in [2.75, 3.05) is 17.3 Å². The molecule has 1 heterocycles. The molecule has 1 aliphatic rings. The molecule has 0 amide bonds. The Labute approximate surface area is 143 Å². The fraction of sp³-hybridized carbons (Fsp3) is 0.0526. The van der Waals surface area contributed by atoms with Crippen molar-refractivity contribution in [1.82, 2.24) is 0 Å². The molecule has 4 heteroatoms. The number of halogens is 1. The molecule has 0 saturated carbocycles. The third-order valence-electron chi connectivity index (χ3n) is 3.91. The maximum absolute atomic E-state index is 6.11. The zero-order chi connectivity index (χ0) is 15.8. The number of hydrogen-bond donors (Lipinski definition) is 1. The zero-order valence-corrected chi connectivity index (χ0v) is 14.2. The van der Waals surface area contributed by atoms with Crippen LogP contribution in [-0.2, 0) is 0 Å². The summed E-state index contributed by atoms with van der Waals surface area (Å²) in [5, 5.41) is 3.27. The summed E-state index contributed by atoms with van der Waals surface area (Å²) in [5.74, 6) is 1.69. The summed E-state index contributed by atoms with van der Waals surface area (Å²) in [7, 11) is 1.92. The Balaban J connectivity index is 2.03. The van der Waals surface area contributed by atoms with Gasteiger partial charge in [-0.1, -0.05) is 30.3 Å². The van der Waals surface area contributed by atoms with E-state index < -0.39 is 0 Å². The van der Waals surface area contributed by atoms with Crippen LogP contribution < -0.4 is 15.0 Å². The van der Waals surface area contributed by atoms with E-state index in [1.165, 1.54) is 0 Å². The maximum atomic E-state index is 6.11. The van der Waals surface area contributed by atoms with E-state index in [9.17, 15) is 0 Å². The van der Waals surface area contributed by atoms with Crippen molar-refractivity contribution in [3.63, 3.8) is 0 Å². The predicted molar refractivity (Wildman–Crippen MR) is 98.4 cm³/mol. The van der Waals surface area contributed by atoms with E-state index in [1.807, 2.05) is 49.5 Å².